The zero-order chi connectivity index (χ0) is 24.3. The van der Waals surface area contributed by atoms with Crippen molar-refractivity contribution < 1.29 is 13.2 Å². The number of piperazine rings is 1. The first-order valence-corrected chi connectivity index (χ1v) is 13.0. The van der Waals surface area contributed by atoms with E-state index < -0.39 is 10.0 Å². The molecule has 0 unspecified atom stereocenters. The lowest BCUT2D eigenvalue weighted by atomic mass is 10.1. The topological polar surface area (TPSA) is 69.7 Å². The van der Waals surface area contributed by atoms with Gasteiger partial charge in [0.1, 0.15) is 4.90 Å². The van der Waals surface area contributed by atoms with Crippen molar-refractivity contribution in [1.29, 1.82) is 0 Å². The Balaban J connectivity index is 1.46. The molecule has 0 bridgehead atoms. The van der Waals surface area contributed by atoms with Gasteiger partial charge < -0.3 is 4.90 Å². The average molecular weight is 498 g/mol. The van der Waals surface area contributed by atoms with Crippen molar-refractivity contribution in [2.45, 2.75) is 25.3 Å². The van der Waals surface area contributed by atoms with Crippen molar-refractivity contribution >= 4 is 33.2 Å². The molecule has 1 amide bonds. The van der Waals surface area contributed by atoms with Crippen LogP contribution in [0.2, 0.25) is 5.02 Å². The Hall–Kier alpha value is -2.87. The summed E-state index contributed by atoms with van der Waals surface area (Å²) in [4.78, 5) is 17.1. The fourth-order valence-electron chi connectivity index (χ4n) is 3.99. The first kappa shape index (κ1) is 24.3. The molecule has 1 aliphatic heterocycles. The van der Waals surface area contributed by atoms with Crippen LogP contribution in [0.4, 0.5) is 5.69 Å². The third-order valence-corrected chi connectivity index (χ3v) is 8.00. The van der Waals surface area contributed by atoms with E-state index in [-0.39, 0.29) is 15.8 Å². The zero-order valence-corrected chi connectivity index (χ0v) is 20.9. The van der Waals surface area contributed by atoms with E-state index in [1.807, 2.05) is 38.1 Å². The number of carbonyl (C=O) groups excluding carboxylic acids is 1. The van der Waals surface area contributed by atoms with E-state index in [0.717, 1.165) is 30.8 Å². The normalized spacial score (nSPS) is 14.7. The van der Waals surface area contributed by atoms with Crippen molar-refractivity contribution in [1.82, 2.24) is 9.80 Å². The number of halogens is 1. The number of aryl methyl sites for hydroxylation is 2. The third kappa shape index (κ3) is 5.60. The summed E-state index contributed by atoms with van der Waals surface area (Å²) in [6.45, 7) is 7.40. The number of rotatable bonds is 6. The van der Waals surface area contributed by atoms with Crippen LogP contribution < -0.4 is 4.72 Å². The predicted molar refractivity (Wildman–Crippen MR) is 136 cm³/mol. The minimum atomic E-state index is -3.96. The summed E-state index contributed by atoms with van der Waals surface area (Å²) in [6.07, 6.45) is 0. The van der Waals surface area contributed by atoms with E-state index in [4.69, 9.17) is 11.6 Å². The number of hydrogen-bond donors (Lipinski definition) is 1. The predicted octanol–water partition coefficient (Wildman–Crippen LogP) is 4.72. The van der Waals surface area contributed by atoms with Gasteiger partial charge in [-0.05, 0) is 60.9 Å². The van der Waals surface area contributed by atoms with E-state index in [9.17, 15) is 13.2 Å². The van der Waals surface area contributed by atoms with Crippen molar-refractivity contribution in [2.75, 3.05) is 30.9 Å². The second kappa shape index (κ2) is 10.2. The fraction of sp³-hybridized carbons (Fsp3) is 0.269. The summed E-state index contributed by atoms with van der Waals surface area (Å²) in [5, 5.41) is 0.0700. The lowest BCUT2D eigenvalue weighted by molar-refractivity contribution is 0.0628. The second-order valence-corrected chi connectivity index (χ2v) is 10.7. The maximum atomic E-state index is 13.1. The SMILES string of the molecule is Cc1ccc(NS(=O)(=O)c2cc(C(=O)N3CCN(Cc4ccccc4)CC3)ccc2Cl)cc1C. The Morgan fingerprint density at radius 3 is 2.29 bits per heavy atom. The number of carbonyl (C=O) groups is 1. The quantitative estimate of drug-likeness (QED) is 0.535. The number of hydrogen-bond acceptors (Lipinski definition) is 4. The lowest BCUT2D eigenvalue weighted by Gasteiger charge is -2.34. The van der Waals surface area contributed by atoms with Crippen LogP contribution in [0.15, 0.2) is 71.6 Å². The van der Waals surface area contributed by atoms with E-state index in [2.05, 4.69) is 21.8 Å². The fourth-order valence-corrected chi connectivity index (χ4v) is 5.57. The Labute approximate surface area is 206 Å². The number of nitrogens with zero attached hydrogens (tertiary/aromatic N) is 2. The molecule has 178 valence electrons. The van der Waals surface area contributed by atoms with Crippen LogP contribution in [-0.2, 0) is 16.6 Å². The van der Waals surface area contributed by atoms with Gasteiger partial charge in [-0.15, -0.1) is 0 Å². The Morgan fingerprint density at radius 1 is 0.912 bits per heavy atom. The molecular formula is C26H28ClN3O3S. The maximum absolute atomic E-state index is 13.1. The van der Waals surface area contributed by atoms with Crippen LogP contribution in [0.25, 0.3) is 0 Å². The van der Waals surface area contributed by atoms with Gasteiger partial charge in [-0.3, -0.25) is 14.4 Å². The van der Waals surface area contributed by atoms with E-state index in [1.54, 1.807) is 23.1 Å². The molecule has 1 heterocycles. The van der Waals surface area contributed by atoms with Gasteiger partial charge in [-0.25, -0.2) is 8.42 Å². The summed E-state index contributed by atoms with van der Waals surface area (Å²) in [7, 11) is -3.96. The highest BCUT2D eigenvalue weighted by atomic mass is 35.5. The van der Waals surface area contributed by atoms with Gasteiger partial charge in [0.2, 0.25) is 0 Å². The average Bonchev–Trinajstić information content (AvgIpc) is 2.82. The van der Waals surface area contributed by atoms with Crippen molar-refractivity contribution in [2.24, 2.45) is 0 Å². The molecule has 6 nitrogen and oxygen atoms in total. The van der Waals surface area contributed by atoms with Gasteiger partial charge in [0.05, 0.1) is 5.02 Å². The summed E-state index contributed by atoms with van der Waals surface area (Å²) >= 11 is 6.24. The Morgan fingerprint density at radius 2 is 1.62 bits per heavy atom. The minimum Gasteiger partial charge on any atom is -0.336 e. The summed E-state index contributed by atoms with van der Waals surface area (Å²) in [6, 6.07) is 20.0. The molecule has 0 aromatic heterocycles. The second-order valence-electron chi connectivity index (χ2n) is 8.60. The molecule has 0 aliphatic carbocycles. The molecule has 1 aliphatic rings. The molecule has 1 saturated heterocycles. The van der Waals surface area contributed by atoms with Gasteiger partial charge in [0.25, 0.3) is 15.9 Å². The molecule has 3 aromatic carbocycles. The Bertz CT molecular complexity index is 1290. The minimum absolute atomic E-state index is 0.0700. The summed E-state index contributed by atoms with van der Waals surface area (Å²) < 4.78 is 28.7. The first-order valence-electron chi connectivity index (χ1n) is 11.2. The van der Waals surface area contributed by atoms with E-state index in [0.29, 0.717) is 24.3 Å². The van der Waals surface area contributed by atoms with Gasteiger partial charge in [0, 0.05) is 44.0 Å². The zero-order valence-electron chi connectivity index (χ0n) is 19.3. The number of nitrogens with one attached hydrogen (secondary N) is 1. The lowest BCUT2D eigenvalue weighted by Crippen LogP contribution is -2.48. The number of sulfonamides is 1. The first-order chi connectivity index (χ1) is 16.2. The van der Waals surface area contributed by atoms with Crippen LogP contribution in [0.5, 0.6) is 0 Å². The molecular weight excluding hydrogens is 470 g/mol. The van der Waals surface area contributed by atoms with Crippen molar-refractivity contribution in [3.63, 3.8) is 0 Å². The van der Waals surface area contributed by atoms with Gasteiger partial charge in [-0.1, -0.05) is 48.0 Å². The molecule has 34 heavy (non-hydrogen) atoms. The molecule has 3 aromatic rings. The molecule has 1 N–H and O–H groups in total. The van der Waals surface area contributed by atoms with Crippen molar-refractivity contribution in [3.05, 3.63) is 94.0 Å². The molecule has 0 spiro atoms. The molecule has 8 heteroatoms. The van der Waals surface area contributed by atoms with E-state index in [1.165, 1.54) is 17.7 Å². The van der Waals surface area contributed by atoms with E-state index >= 15 is 0 Å². The summed E-state index contributed by atoms with van der Waals surface area (Å²) in [5.41, 5.74) is 4.04. The molecule has 0 saturated carbocycles. The largest absolute Gasteiger partial charge is 0.336 e. The molecule has 4 rings (SSSR count). The smallest absolute Gasteiger partial charge is 0.263 e. The summed E-state index contributed by atoms with van der Waals surface area (Å²) in [5.74, 6) is -0.196. The number of amides is 1. The number of benzene rings is 3. The standard InChI is InChI=1S/C26H28ClN3O3S/c1-19-8-10-23(16-20(19)2)28-34(32,33)25-17-22(9-11-24(25)27)26(31)30-14-12-29(13-15-30)18-21-6-4-3-5-7-21/h3-11,16-17,28H,12-15,18H2,1-2H3. The van der Waals surface area contributed by atoms with Crippen LogP contribution in [0.3, 0.4) is 0 Å². The van der Waals surface area contributed by atoms with Gasteiger partial charge in [0.15, 0.2) is 0 Å². The highest BCUT2D eigenvalue weighted by Crippen LogP contribution is 2.26. The molecule has 1 fully saturated rings. The van der Waals surface area contributed by atoms with Crippen LogP contribution in [0.1, 0.15) is 27.0 Å². The monoisotopic (exact) mass is 497 g/mol. The van der Waals surface area contributed by atoms with Crippen LogP contribution in [0, 0.1) is 13.8 Å². The molecule has 0 atom stereocenters. The number of anilines is 1. The third-order valence-electron chi connectivity index (χ3n) is 6.14. The molecule has 0 radical (unpaired) electrons. The highest BCUT2D eigenvalue weighted by Gasteiger charge is 2.25. The maximum Gasteiger partial charge on any atom is 0.263 e. The van der Waals surface area contributed by atoms with Crippen LogP contribution >= 0.6 is 11.6 Å². The van der Waals surface area contributed by atoms with Gasteiger partial charge >= 0.3 is 0 Å². The van der Waals surface area contributed by atoms with Crippen LogP contribution in [-0.4, -0.2) is 50.3 Å². The Kier molecular flexibility index (Phi) is 7.26. The highest BCUT2D eigenvalue weighted by molar-refractivity contribution is 7.92. The van der Waals surface area contributed by atoms with Gasteiger partial charge in [-0.2, -0.15) is 0 Å². The van der Waals surface area contributed by atoms with Crippen molar-refractivity contribution in [3.8, 4) is 0 Å².